The summed E-state index contributed by atoms with van der Waals surface area (Å²) >= 11 is 0. The zero-order valence-corrected chi connectivity index (χ0v) is 8.64. The van der Waals surface area contributed by atoms with Crippen molar-refractivity contribution in [2.24, 2.45) is 15.7 Å². The van der Waals surface area contributed by atoms with Gasteiger partial charge in [0.25, 0.3) is 0 Å². The summed E-state index contributed by atoms with van der Waals surface area (Å²) in [6.45, 7) is 0. The Kier molecular flexibility index (Phi) is 2.32. The molecule has 15 heavy (non-hydrogen) atoms. The van der Waals surface area contributed by atoms with Crippen molar-refractivity contribution in [3.63, 3.8) is 0 Å². The lowest BCUT2D eigenvalue weighted by Gasteiger charge is -2.22. The van der Waals surface area contributed by atoms with E-state index in [4.69, 9.17) is 10.2 Å². The highest BCUT2D eigenvalue weighted by Crippen LogP contribution is 2.20. The molecule has 80 valence electrons. The zero-order valence-electron chi connectivity index (χ0n) is 8.64. The summed E-state index contributed by atoms with van der Waals surface area (Å²) in [5, 5.41) is 2.87. The third kappa shape index (κ3) is 1.93. The van der Waals surface area contributed by atoms with Crippen molar-refractivity contribution in [3.05, 3.63) is 24.2 Å². The molecule has 2 heterocycles. The third-order valence-electron chi connectivity index (χ3n) is 1.97. The van der Waals surface area contributed by atoms with E-state index in [9.17, 15) is 0 Å². The minimum Gasteiger partial charge on any atom is -0.465 e. The maximum Gasteiger partial charge on any atom is 0.204 e. The van der Waals surface area contributed by atoms with E-state index in [1.807, 2.05) is 25.1 Å². The van der Waals surface area contributed by atoms with Crippen molar-refractivity contribution < 1.29 is 4.42 Å². The van der Waals surface area contributed by atoms with E-state index >= 15 is 0 Å². The molecule has 6 nitrogen and oxygen atoms in total. The lowest BCUT2D eigenvalue weighted by molar-refractivity contribution is 0.464. The Morgan fingerprint density at radius 2 is 2.27 bits per heavy atom. The molecule has 6 heteroatoms. The average Bonchev–Trinajstić information content (AvgIpc) is 2.69. The lowest BCUT2D eigenvalue weighted by atomic mass is 10.3. The van der Waals surface area contributed by atoms with E-state index in [1.54, 1.807) is 12.3 Å². The highest BCUT2D eigenvalue weighted by atomic mass is 16.3. The number of hydrogen-bond acceptors (Lipinski definition) is 6. The fraction of sp³-hybridized carbons (Fsp3) is 0.333. The van der Waals surface area contributed by atoms with Crippen LogP contribution in [0.2, 0.25) is 0 Å². The van der Waals surface area contributed by atoms with E-state index in [2.05, 4.69) is 15.3 Å². The molecule has 1 unspecified atom stereocenters. The molecule has 0 saturated carbocycles. The number of furan rings is 1. The highest BCUT2D eigenvalue weighted by molar-refractivity contribution is 5.99. The molecule has 1 aromatic rings. The number of guanidine groups is 2. The maximum absolute atomic E-state index is 5.65. The Labute approximate surface area is 87.5 Å². The van der Waals surface area contributed by atoms with Gasteiger partial charge in [-0.05, 0) is 12.1 Å². The molecule has 2 rings (SSSR count). The summed E-state index contributed by atoms with van der Waals surface area (Å²) < 4.78 is 5.23. The predicted octanol–water partition coefficient (Wildman–Crippen LogP) is 0.114. The minimum absolute atomic E-state index is 0.343. The Balaban J connectivity index is 2.28. The van der Waals surface area contributed by atoms with Crippen molar-refractivity contribution in [3.8, 4) is 0 Å². The van der Waals surface area contributed by atoms with E-state index in [0.717, 1.165) is 0 Å². The van der Waals surface area contributed by atoms with Crippen LogP contribution in [0.15, 0.2) is 32.8 Å². The highest BCUT2D eigenvalue weighted by Gasteiger charge is 2.19. The first-order valence-corrected chi connectivity index (χ1v) is 4.55. The van der Waals surface area contributed by atoms with Gasteiger partial charge in [0.1, 0.15) is 0 Å². The molecular formula is C9H13N5O. The van der Waals surface area contributed by atoms with Gasteiger partial charge in [-0.15, -0.1) is 0 Å². The van der Waals surface area contributed by atoms with E-state index in [-0.39, 0.29) is 0 Å². The largest absolute Gasteiger partial charge is 0.465 e. The molecule has 0 bridgehead atoms. The SMILES string of the molecule is CN(C)C1=NC(c2ccco2)N=C(N)N1. The minimum atomic E-state index is -0.390. The Bertz CT molecular complexity index is 393. The first kappa shape index (κ1) is 9.57. The van der Waals surface area contributed by atoms with Crippen LogP contribution < -0.4 is 11.1 Å². The van der Waals surface area contributed by atoms with Gasteiger partial charge in [0, 0.05) is 14.1 Å². The number of rotatable bonds is 1. The average molecular weight is 207 g/mol. The zero-order chi connectivity index (χ0) is 10.8. The first-order chi connectivity index (χ1) is 7.16. The molecule has 0 aromatic carbocycles. The van der Waals surface area contributed by atoms with Crippen LogP contribution in [-0.4, -0.2) is 30.9 Å². The van der Waals surface area contributed by atoms with Crippen LogP contribution in [0.5, 0.6) is 0 Å². The molecular weight excluding hydrogens is 194 g/mol. The van der Waals surface area contributed by atoms with Gasteiger partial charge in [-0.25, -0.2) is 9.98 Å². The van der Waals surface area contributed by atoms with Crippen molar-refractivity contribution in [1.82, 2.24) is 10.2 Å². The number of nitrogens with zero attached hydrogens (tertiary/aromatic N) is 3. The number of nitrogens with one attached hydrogen (secondary N) is 1. The van der Waals surface area contributed by atoms with Gasteiger partial charge in [0.05, 0.1) is 6.26 Å². The summed E-state index contributed by atoms with van der Waals surface area (Å²) in [5.41, 5.74) is 5.65. The molecule has 1 aromatic heterocycles. The molecule has 1 aliphatic rings. The van der Waals surface area contributed by atoms with Crippen molar-refractivity contribution in [1.29, 1.82) is 0 Å². The maximum atomic E-state index is 5.65. The number of nitrogens with two attached hydrogens (primary N) is 1. The topological polar surface area (TPSA) is 79.2 Å². The van der Waals surface area contributed by atoms with Gasteiger partial charge in [0.2, 0.25) is 12.1 Å². The summed E-state index contributed by atoms with van der Waals surface area (Å²) in [4.78, 5) is 10.3. The molecule has 3 N–H and O–H groups in total. The second kappa shape index (κ2) is 3.64. The number of hydrogen-bond donors (Lipinski definition) is 2. The Hall–Kier alpha value is -1.98. The molecule has 0 radical (unpaired) electrons. The Morgan fingerprint density at radius 1 is 1.47 bits per heavy atom. The fourth-order valence-electron chi connectivity index (χ4n) is 1.25. The third-order valence-corrected chi connectivity index (χ3v) is 1.97. The number of aliphatic imine (C=N–C) groups is 2. The van der Waals surface area contributed by atoms with E-state index in [0.29, 0.717) is 17.7 Å². The van der Waals surface area contributed by atoms with Gasteiger partial charge in [0.15, 0.2) is 11.7 Å². The second-order valence-electron chi connectivity index (χ2n) is 3.38. The quantitative estimate of drug-likeness (QED) is 0.685. The van der Waals surface area contributed by atoms with Gasteiger partial charge >= 0.3 is 0 Å². The van der Waals surface area contributed by atoms with Crippen LogP contribution in [0.4, 0.5) is 0 Å². The fourth-order valence-corrected chi connectivity index (χ4v) is 1.25. The van der Waals surface area contributed by atoms with E-state index in [1.165, 1.54) is 0 Å². The van der Waals surface area contributed by atoms with Crippen LogP contribution in [0.25, 0.3) is 0 Å². The van der Waals surface area contributed by atoms with Crippen molar-refractivity contribution in [2.45, 2.75) is 6.17 Å². The van der Waals surface area contributed by atoms with E-state index < -0.39 is 6.17 Å². The smallest absolute Gasteiger partial charge is 0.204 e. The lowest BCUT2D eigenvalue weighted by Crippen LogP contribution is -2.46. The summed E-state index contributed by atoms with van der Waals surface area (Å²) in [5.74, 6) is 1.69. The van der Waals surface area contributed by atoms with Gasteiger partial charge in [-0.1, -0.05) is 0 Å². The van der Waals surface area contributed by atoms with Crippen LogP contribution in [0.3, 0.4) is 0 Å². The van der Waals surface area contributed by atoms with Crippen LogP contribution in [0, 0.1) is 0 Å². The van der Waals surface area contributed by atoms with Gasteiger partial charge in [-0.3, -0.25) is 5.32 Å². The molecule has 0 amide bonds. The van der Waals surface area contributed by atoms with Crippen LogP contribution in [0.1, 0.15) is 11.9 Å². The van der Waals surface area contributed by atoms with Gasteiger partial charge < -0.3 is 15.1 Å². The molecule has 0 saturated heterocycles. The second-order valence-corrected chi connectivity index (χ2v) is 3.38. The standard InChI is InChI=1S/C9H13N5O/c1-14(2)9-12-7(11-8(10)13-9)6-4-3-5-15-6/h3-5,7H,1-2H3,(H3,10,11,12,13). The van der Waals surface area contributed by atoms with Crippen LogP contribution in [-0.2, 0) is 0 Å². The summed E-state index contributed by atoms with van der Waals surface area (Å²) in [6, 6.07) is 3.62. The molecule has 0 fully saturated rings. The van der Waals surface area contributed by atoms with Gasteiger partial charge in [-0.2, -0.15) is 0 Å². The van der Waals surface area contributed by atoms with Crippen molar-refractivity contribution in [2.75, 3.05) is 14.1 Å². The molecule has 1 atom stereocenters. The Morgan fingerprint density at radius 3 is 2.87 bits per heavy atom. The van der Waals surface area contributed by atoms with Crippen molar-refractivity contribution >= 4 is 11.9 Å². The molecule has 0 spiro atoms. The summed E-state index contributed by atoms with van der Waals surface area (Å²) in [6.07, 6.45) is 1.20. The summed E-state index contributed by atoms with van der Waals surface area (Å²) in [7, 11) is 3.76. The molecule has 0 aliphatic carbocycles. The van der Waals surface area contributed by atoms with Crippen LogP contribution >= 0.6 is 0 Å². The normalized spacial score (nSPS) is 20.3. The monoisotopic (exact) mass is 207 g/mol. The predicted molar refractivity (Wildman–Crippen MR) is 57.3 cm³/mol. The molecule has 1 aliphatic heterocycles. The first-order valence-electron chi connectivity index (χ1n) is 4.55.